The molecular formula is C11H17ClN2O2. The van der Waals surface area contributed by atoms with Crippen molar-refractivity contribution in [3.63, 3.8) is 0 Å². The van der Waals surface area contributed by atoms with Crippen LogP contribution in [0.4, 0.5) is 0 Å². The van der Waals surface area contributed by atoms with Gasteiger partial charge in [0, 0.05) is 16.6 Å². The van der Waals surface area contributed by atoms with Crippen LogP contribution in [0.1, 0.15) is 11.6 Å². The first-order valence-electron chi connectivity index (χ1n) is 5.01. The molecule has 1 aromatic rings. The summed E-state index contributed by atoms with van der Waals surface area (Å²) in [5.74, 6) is 0.702. The fourth-order valence-electron chi connectivity index (χ4n) is 1.65. The van der Waals surface area contributed by atoms with Gasteiger partial charge in [-0.15, -0.1) is 0 Å². The number of aliphatic hydroxyl groups is 1. The van der Waals surface area contributed by atoms with Crippen molar-refractivity contribution < 1.29 is 9.84 Å². The van der Waals surface area contributed by atoms with Crippen LogP contribution in [0.3, 0.4) is 0 Å². The van der Waals surface area contributed by atoms with Gasteiger partial charge in [0.2, 0.25) is 0 Å². The first kappa shape index (κ1) is 13.3. The number of hydrogen-bond donors (Lipinski definition) is 3. The largest absolute Gasteiger partial charge is 0.496 e. The molecule has 1 rings (SSSR count). The summed E-state index contributed by atoms with van der Waals surface area (Å²) in [6, 6.07) is 4.72. The quantitative estimate of drug-likeness (QED) is 0.721. The lowest BCUT2D eigenvalue weighted by atomic mass is 9.99. The molecule has 2 atom stereocenters. The molecule has 0 aliphatic rings. The Kier molecular flexibility index (Phi) is 5.02. The summed E-state index contributed by atoms with van der Waals surface area (Å²) in [5.41, 5.74) is 6.67. The predicted octanol–water partition coefficient (Wildman–Crippen LogP) is 0.929. The van der Waals surface area contributed by atoms with E-state index in [2.05, 4.69) is 5.32 Å². The van der Waals surface area contributed by atoms with Gasteiger partial charge in [-0.3, -0.25) is 0 Å². The van der Waals surface area contributed by atoms with Crippen molar-refractivity contribution in [2.24, 2.45) is 5.73 Å². The number of likely N-dealkylation sites (N-methyl/N-ethyl adjacent to an activating group) is 1. The Morgan fingerprint density at radius 3 is 2.75 bits per heavy atom. The molecular weight excluding hydrogens is 228 g/mol. The van der Waals surface area contributed by atoms with Crippen molar-refractivity contribution in [1.82, 2.24) is 5.32 Å². The van der Waals surface area contributed by atoms with Gasteiger partial charge in [-0.1, -0.05) is 11.6 Å². The average Bonchev–Trinajstić information content (AvgIpc) is 2.30. The molecule has 90 valence electrons. The predicted molar refractivity (Wildman–Crippen MR) is 64.9 cm³/mol. The smallest absolute Gasteiger partial charge is 0.123 e. The zero-order valence-corrected chi connectivity index (χ0v) is 10.2. The molecule has 5 heteroatoms. The van der Waals surface area contributed by atoms with Crippen LogP contribution >= 0.6 is 11.6 Å². The second-order valence-electron chi connectivity index (χ2n) is 3.50. The van der Waals surface area contributed by atoms with Crippen molar-refractivity contribution in [2.45, 2.75) is 12.1 Å². The Labute approximate surface area is 100 Å². The number of halogens is 1. The van der Waals surface area contributed by atoms with E-state index in [1.54, 1.807) is 32.4 Å². The van der Waals surface area contributed by atoms with E-state index >= 15 is 0 Å². The fraction of sp³-hybridized carbons (Fsp3) is 0.455. The first-order valence-corrected chi connectivity index (χ1v) is 5.39. The number of ether oxygens (including phenoxy) is 1. The summed E-state index contributed by atoms with van der Waals surface area (Å²) in [7, 11) is 3.37. The van der Waals surface area contributed by atoms with Crippen LogP contribution in [0.5, 0.6) is 5.75 Å². The van der Waals surface area contributed by atoms with E-state index < -0.39 is 6.04 Å². The van der Waals surface area contributed by atoms with Crippen LogP contribution in [-0.4, -0.2) is 31.9 Å². The van der Waals surface area contributed by atoms with Crippen molar-refractivity contribution in [3.05, 3.63) is 28.8 Å². The molecule has 0 amide bonds. The van der Waals surface area contributed by atoms with Gasteiger partial charge in [-0.25, -0.2) is 0 Å². The third kappa shape index (κ3) is 2.86. The molecule has 4 nitrogen and oxygen atoms in total. The van der Waals surface area contributed by atoms with E-state index in [-0.39, 0.29) is 12.6 Å². The van der Waals surface area contributed by atoms with Gasteiger partial charge in [-0.2, -0.15) is 0 Å². The van der Waals surface area contributed by atoms with Gasteiger partial charge >= 0.3 is 0 Å². The van der Waals surface area contributed by atoms with Crippen LogP contribution < -0.4 is 15.8 Å². The molecule has 0 heterocycles. The standard InChI is InChI=1S/C11H17ClN2O2/c1-14-11(9(13)6-15)8-5-7(12)3-4-10(8)16-2/h3-5,9,11,14-15H,6,13H2,1-2H3. The molecule has 0 aliphatic carbocycles. The second-order valence-corrected chi connectivity index (χ2v) is 3.94. The van der Waals surface area contributed by atoms with E-state index in [4.69, 9.17) is 27.2 Å². The Hall–Kier alpha value is -0.810. The summed E-state index contributed by atoms with van der Waals surface area (Å²) in [6.07, 6.45) is 0. The van der Waals surface area contributed by atoms with E-state index in [9.17, 15) is 0 Å². The number of methoxy groups -OCH3 is 1. The SMILES string of the molecule is CNC(c1cc(Cl)ccc1OC)C(N)CO. The van der Waals surface area contributed by atoms with Crippen molar-refractivity contribution >= 4 is 11.6 Å². The molecule has 0 saturated carbocycles. The minimum absolute atomic E-state index is 0.110. The highest BCUT2D eigenvalue weighted by Crippen LogP contribution is 2.29. The Morgan fingerprint density at radius 1 is 1.56 bits per heavy atom. The fourth-order valence-corrected chi connectivity index (χ4v) is 1.83. The lowest BCUT2D eigenvalue weighted by Crippen LogP contribution is -2.39. The number of rotatable bonds is 5. The normalized spacial score (nSPS) is 14.6. The minimum Gasteiger partial charge on any atom is -0.496 e. The summed E-state index contributed by atoms with van der Waals surface area (Å²) in [4.78, 5) is 0. The summed E-state index contributed by atoms with van der Waals surface area (Å²) >= 11 is 5.94. The Balaban J connectivity index is 3.11. The van der Waals surface area contributed by atoms with Crippen molar-refractivity contribution in [3.8, 4) is 5.75 Å². The van der Waals surface area contributed by atoms with Crippen molar-refractivity contribution in [2.75, 3.05) is 20.8 Å². The zero-order valence-electron chi connectivity index (χ0n) is 9.40. The third-order valence-corrected chi connectivity index (χ3v) is 2.71. The summed E-state index contributed by atoms with van der Waals surface area (Å²) in [5, 5.41) is 12.8. The molecule has 4 N–H and O–H groups in total. The van der Waals surface area contributed by atoms with Crippen LogP contribution in [0.15, 0.2) is 18.2 Å². The topological polar surface area (TPSA) is 67.5 Å². The van der Waals surface area contributed by atoms with Crippen LogP contribution in [0.25, 0.3) is 0 Å². The highest BCUT2D eigenvalue weighted by molar-refractivity contribution is 6.30. The second kappa shape index (κ2) is 6.06. The molecule has 16 heavy (non-hydrogen) atoms. The molecule has 0 aromatic heterocycles. The van der Waals surface area contributed by atoms with Crippen LogP contribution in [-0.2, 0) is 0 Å². The molecule has 2 unspecified atom stereocenters. The molecule has 0 saturated heterocycles. The maximum Gasteiger partial charge on any atom is 0.123 e. The molecule has 0 fully saturated rings. The highest BCUT2D eigenvalue weighted by atomic mass is 35.5. The van der Waals surface area contributed by atoms with E-state index in [0.29, 0.717) is 10.8 Å². The number of hydrogen-bond acceptors (Lipinski definition) is 4. The molecule has 0 bridgehead atoms. The first-order chi connectivity index (χ1) is 7.63. The van der Waals surface area contributed by atoms with Gasteiger partial charge < -0.3 is 20.9 Å². The maximum atomic E-state index is 9.09. The maximum absolute atomic E-state index is 9.09. The summed E-state index contributed by atoms with van der Waals surface area (Å²) in [6.45, 7) is -0.110. The van der Waals surface area contributed by atoms with Gasteiger partial charge in [0.15, 0.2) is 0 Å². The minimum atomic E-state index is -0.405. The Bertz CT molecular complexity index is 347. The molecule has 0 radical (unpaired) electrons. The third-order valence-electron chi connectivity index (χ3n) is 2.48. The van der Waals surface area contributed by atoms with Gasteiger partial charge in [0.05, 0.1) is 19.8 Å². The number of aliphatic hydroxyl groups excluding tert-OH is 1. The van der Waals surface area contributed by atoms with E-state index in [0.717, 1.165) is 5.56 Å². The summed E-state index contributed by atoms with van der Waals surface area (Å²) < 4.78 is 5.24. The van der Waals surface area contributed by atoms with Crippen LogP contribution in [0, 0.1) is 0 Å². The zero-order chi connectivity index (χ0) is 12.1. The molecule has 0 aliphatic heterocycles. The number of nitrogens with one attached hydrogen (secondary N) is 1. The lowest BCUT2D eigenvalue weighted by molar-refractivity contribution is 0.238. The molecule has 0 spiro atoms. The van der Waals surface area contributed by atoms with Crippen molar-refractivity contribution in [1.29, 1.82) is 0 Å². The van der Waals surface area contributed by atoms with Crippen LogP contribution in [0.2, 0.25) is 5.02 Å². The van der Waals surface area contributed by atoms with Gasteiger partial charge in [-0.05, 0) is 25.2 Å². The highest BCUT2D eigenvalue weighted by Gasteiger charge is 2.21. The number of nitrogens with two attached hydrogens (primary N) is 1. The lowest BCUT2D eigenvalue weighted by Gasteiger charge is -2.24. The van der Waals surface area contributed by atoms with E-state index in [1.165, 1.54) is 0 Å². The monoisotopic (exact) mass is 244 g/mol. The molecule has 1 aromatic carbocycles. The van der Waals surface area contributed by atoms with E-state index in [1.807, 2.05) is 0 Å². The number of benzene rings is 1. The average molecular weight is 245 g/mol. The van der Waals surface area contributed by atoms with Gasteiger partial charge in [0.25, 0.3) is 0 Å². The Morgan fingerprint density at radius 2 is 2.25 bits per heavy atom. The van der Waals surface area contributed by atoms with Gasteiger partial charge in [0.1, 0.15) is 5.75 Å².